The van der Waals surface area contributed by atoms with E-state index in [9.17, 15) is 24.6 Å². The summed E-state index contributed by atoms with van der Waals surface area (Å²) in [6, 6.07) is 8.58. The van der Waals surface area contributed by atoms with Crippen LogP contribution in [0.25, 0.3) is 0 Å². The first-order valence-corrected chi connectivity index (χ1v) is 9.80. The molecule has 1 heterocycles. The van der Waals surface area contributed by atoms with Gasteiger partial charge < -0.3 is 9.64 Å². The smallest absolute Gasteiger partial charge is 0.273 e. The predicted octanol–water partition coefficient (Wildman–Crippen LogP) is 4.37. The molecule has 8 nitrogen and oxygen atoms in total. The Balaban J connectivity index is 0.000000208. The highest BCUT2D eigenvalue weighted by Gasteiger charge is 2.15. The highest BCUT2D eigenvalue weighted by Crippen LogP contribution is 2.25. The van der Waals surface area contributed by atoms with Crippen molar-refractivity contribution in [3.8, 4) is 0 Å². The van der Waals surface area contributed by atoms with Gasteiger partial charge in [0, 0.05) is 44.1 Å². The van der Waals surface area contributed by atoms with Crippen LogP contribution in [0.2, 0.25) is 0 Å². The van der Waals surface area contributed by atoms with Crippen LogP contribution < -0.4 is 4.90 Å². The van der Waals surface area contributed by atoms with Crippen LogP contribution in [-0.2, 0) is 4.74 Å². The van der Waals surface area contributed by atoms with Crippen molar-refractivity contribution in [2.24, 2.45) is 0 Å². The Hall–Kier alpha value is -1.61. The van der Waals surface area contributed by atoms with Crippen LogP contribution in [0.15, 0.2) is 36.4 Å². The topological polar surface area (TPSA) is 98.8 Å². The zero-order valence-corrected chi connectivity index (χ0v) is 18.1. The molecule has 27 heavy (non-hydrogen) atoms. The first-order chi connectivity index (χ1) is 12.8. The zero-order chi connectivity index (χ0) is 20.0. The largest absolute Gasteiger partial charge is 0.378 e. The SMILES string of the molecule is O=[N+]([O-])c1cc(F)cc(I)c1.O=[N+]([O-])c1cc(I)cc(N2CCOCC2)c1. The van der Waals surface area contributed by atoms with E-state index in [1.807, 2.05) is 28.7 Å². The van der Waals surface area contributed by atoms with Crippen molar-refractivity contribution in [2.75, 3.05) is 31.2 Å². The molecule has 1 aliphatic heterocycles. The second kappa shape index (κ2) is 10.1. The van der Waals surface area contributed by atoms with Crippen LogP contribution in [0.4, 0.5) is 21.5 Å². The van der Waals surface area contributed by atoms with Crippen molar-refractivity contribution in [1.82, 2.24) is 0 Å². The number of halogens is 3. The molecule has 0 aromatic heterocycles. The van der Waals surface area contributed by atoms with Crippen molar-refractivity contribution < 1.29 is 19.0 Å². The Morgan fingerprint density at radius 2 is 1.41 bits per heavy atom. The summed E-state index contributed by atoms with van der Waals surface area (Å²) in [7, 11) is 0. The Labute approximate surface area is 181 Å². The standard InChI is InChI=1S/C10H11IN2O3.C6H3FINO2/c11-8-5-9(7-10(6-8)13(14)15)12-1-3-16-4-2-12;7-4-1-5(8)3-6(2-4)9(10)11/h5-7H,1-4H2;1-3H. The number of nitro benzene ring substituents is 2. The minimum atomic E-state index is -0.620. The summed E-state index contributed by atoms with van der Waals surface area (Å²) < 4.78 is 19.1. The van der Waals surface area contributed by atoms with Gasteiger partial charge >= 0.3 is 0 Å². The Kier molecular flexibility index (Phi) is 8.09. The van der Waals surface area contributed by atoms with Crippen LogP contribution in [-0.4, -0.2) is 36.1 Å². The number of ether oxygens (including phenoxy) is 1. The summed E-state index contributed by atoms with van der Waals surface area (Å²) in [5.41, 5.74) is 0.838. The number of hydrogen-bond acceptors (Lipinski definition) is 6. The molecule has 0 bridgehead atoms. The van der Waals surface area contributed by atoms with E-state index < -0.39 is 10.7 Å². The molecular formula is C16H14FI2N3O5. The minimum Gasteiger partial charge on any atom is -0.378 e. The molecule has 2 aromatic rings. The average molecular weight is 601 g/mol. The van der Waals surface area contributed by atoms with Gasteiger partial charge in [-0.2, -0.15) is 0 Å². The van der Waals surface area contributed by atoms with Crippen LogP contribution in [0, 0.1) is 33.2 Å². The van der Waals surface area contributed by atoms with Gasteiger partial charge in [-0.05, 0) is 57.3 Å². The molecule has 0 saturated carbocycles. The van der Waals surface area contributed by atoms with Gasteiger partial charge in [-0.1, -0.05) is 0 Å². The van der Waals surface area contributed by atoms with Crippen molar-refractivity contribution in [2.45, 2.75) is 0 Å². The number of nitro groups is 2. The molecule has 0 radical (unpaired) electrons. The fraction of sp³-hybridized carbons (Fsp3) is 0.250. The van der Waals surface area contributed by atoms with Gasteiger partial charge in [-0.3, -0.25) is 20.2 Å². The van der Waals surface area contributed by atoms with E-state index in [1.165, 1.54) is 12.1 Å². The average Bonchev–Trinajstić information content (AvgIpc) is 2.61. The lowest BCUT2D eigenvalue weighted by molar-refractivity contribution is -0.385. The molecule has 1 fully saturated rings. The van der Waals surface area contributed by atoms with E-state index in [4.69, 9.17) is 4.74 Å². The number of hydrogen-bond donors (Lipinski definition) is 0. The Bertz CT molecular complexity index is 827. The zero-order valence-electron chi connectivity index (χ0n) is 13.8. The maximum atomic E-state index is 12.5. The quantitative estimate of drug-likeness (QED) is 0.295. The number of anilines is 1. The molecular weight excluding hydrogens is 587 g/mol. The Morgan fingerprint density at radius 1 is 0.889 bits per heavy atom. The van der Waals surface area contributed by atoms with Gasteiger partial charge in [-0.25, -0.2) is 4.39 Å². The van der Waals surface area contributed by atoms with Crippen molar-refractivity contribution in [3.63, 3.8) is 0 Å². The van der Waals surface area contributed by atoms with Gasteiger partial charge in [0.05, 0.1) is 29.1 Å². The van der Waals surface area contributed by atoms with Crippen LogP contribution in [0.5, 0.6) is 0 Å². The summed E-state index contributed by atoms with van der Waals surface area (Å²) >= 11 is 3.92. The maximum Gasteiger partial charge on any atom is 0.273 e. The van der Waals surface area contributed by atoms with Gasteiger partial charge in [0.1, 0.15) is 5.82 Å². The molecule has 0 atom stereocenters. The van der Waals surface area contributed by atoms with Crippen molar-refractivity contribution in [3.05, 3.63) is 69.6 Å². The molecule has 0 amide bonds. The number of benzene rings is 2. The lowest BCUT2D eigenvalue weighted by Gasteiger charge is -2.28. The van der Waals surface area contributed by atoms with E-state index in [0.29, 0.717) is 16.8 Å². The highest BCUT2D eigenvalue weighted by molar-refractivity contribution is 14.1. The van der Waals surface area contributed by atoms with Gasteiger partial charge in [0.25, 0.3) is 11.4 Å². The second-order valence-electron chi connectivity index (χ2n) is 5.41. The lowest BCUT2D eigenvalue weighted by atomic mass is 10.2. The third-order valence-electron chi connectivity index (χ3n) is 3.51. The Morgan fingerprint density at radius 3 is 1.93 bits per heavy atom. The third-order valence-corrected chi connectivity index (χ3v) is 4.76. The minimum absolute atomic E-state index is 0.147. The van der Waals surface area contributed by atoms with Crippen LogP contribution in [0.3, 0.4) is 0 Å². The summed E-state index contributed by atoms with van der Waals surface area (Å²) in [6.45, 7) is 2.94. The second-order valence-corrected chi connectivity index (χ2v) is 7.90. The molecule has 1 aliphatic rings. The molecule has 11 heteroatoms. The van der Waals surface area contributed by atoms with E-state index >= 15 is 0 Å². The van der Waals surface area contributed by atoms with Gasteiger partial charge in [-0.15, -0.1) is 0 Å². The fourth-order valence-electron chi connectivity index (χ4n) is 2.31. The first-order valence-electron chi connectivity index (χ1n) is 7.64. The van der Waals surface area contributed by atoms with E-state index in [-0.39, 0.29) is 16.3 Å². The van der Waals surface area contributed by atoms with Crippen molar-refractivity contribution >= 4 is 62.2 Å². The summed E-state index contributed by atoms with van der Waals surface area (Å²) in [4.78, 5) is 22.0. The fourth-order valence-corrected chi connectivity index (χ4v) is 3.57. The highest BCUT2D eigenvalue weighted by atomic mass is 127. The number of morpholine rings is 1. The molecule has 1 saturated heterocycles. The van der Waals surface area contributed by atoms with E-state index in [1.54, 1.807) is 12.1 Å². The molecule has 0 aliphatic carbocycles. The first kappa shape index (κ1) is 21.7. The summed E-state index contributed by atoms with van der Waals surface area (Å²) in [5, 5.41) is 20.9. The lowest BCUT2D eigenvalue weighted by Crippen LogP contribution is -2.36. The third kappa shape index (κ3) is 6.80. The normalized spacial score (nSPS) is 13.5. The van der Waals surface area contributed by atoms with Crippen LogP contribution >= 0.6 is 45.2 Å². The number of rotatable bonds is 3. The van der Waals surface area contributed by atoms with E-state index in [0.717, 1.165) is 28.4 Å². The number of non-ortho nitro benzene ring substituents is 2. The van der Waals surface area contributed by atoms with Crippen molar-refractivity contribution in [1.29, 1.82) is 0 Å². The monoisotopic (exact) mass is 601 g/mol. The molecule has 0 spiro atoms. The number of nitrogens with zero attached hydrogens (tertiary/aromatic N) is 3. The molecule has 0 unspecified atom stereocenters. The maximum absolute atomic E-state index is 12.5. The predicted molar refractivity (Wildman–Crippen MR) is 115 cm³/mol. The van der Waals surface area contributed by atoms with Crippen LogP contribution in [0.1, 0.15) is 0 Å². The van der Waals surface area contributed by atoms with Gasteiger partial charge in [0.15, 0.2) is 0 Å². The summed E-state index contributed by atoms with van der Waals surface area (Å²) in [6.07, 6.45) is 0. The molecule has 3 rings (SSSR count). The molecule has 2 aromatic carbocycles. The molecule has 144 valence electrons. The summed E-state index contributed by atoms with van der Waals surface area (Å²) in [5.74, 6) is -0.580. The van der Waals surface area contributed by atoms with Gasteiger partial charge in [0.2, 0.25) is 0 Å². The van der Waals surface area contributed by atoms with E-state index in [2.05, 4.69) is 27.5 Å². The molecule has 0 N–H and O–H groups in total.